The fraction of sp³-hybridized carbons (Fsp3) is 0.194. The smallest absolute Gasteiger partial charge is 0.161 e. The first-order chi connectivity index (χ1) is 18.6. The summed E-state index contributed by atoms with van der Waals surface area (Å²) in [5.74, 6) is -0.477. The number of aromatic amines is 1. The number of nitrogens with one attached hydrogen (secondary N) is 3. The van der Waals surface area contributed by atoms with E-state index in [0.29, 0.717) is 27.9 Å². The Kier molecular flexibility index (Phi) is 8.26. The third-order valence-electron chi connectivity index (χ3n) is 6.15. The number of H-pyrrole nitrogens is 1. The van der Waals surface area contributed by atoms with Gasteiger partial charge in [0.25, 0.3) is 0 Å². The van der Waals surface area contributed by atoms with Crippen LogP contribution >= 0.6 is 11.3 Å². The van der Waals surface area contributed by atoms with Gasteiger partial charge < -0.3 is 10.6 Å². The van der Waals surface area contributed by atoms with Crippen molar-refractivity contribution < 1.29 is 4.39 Å². The molecule has 6 nitrogen and oxygen atoms in total. The van der Waals surface area contributed by atoms with Crippen LogP contribution in [0, 0.1) is 12.7 Å². The first kappa shape index (κ1) is 27.7. The quantitative estimate of drug-likeness (QED) is 0.177. The Bertz CT molecular complexity index is 1640. The largest absolute Gasteiger partial charge is 0.383 e. The highest BCUT2D eigenvalue weighted by Gasteiger charge is 2.20. The van der Waals surface area contributed by atoms with Crippen LogP contribution in [0.4, 0.5) is 10.1 Å². The highest BCUT2D eigenvalue weighted by Crippen LogP contribution is 2.35. The maximum atomic E-state index is 16.0. The van der Waals surface area contributed by atoms with Gasteiger partial charge in [-0.15, -0.1) is 11.3 Å². The van der Waals surface area contributed by atoms with E-state index >= 15 is 4.39 Å². The molecule has 0 radical (unpaired) electrons. The average molecular weight is 541 g/mol. The van der Waals surface area contributed by atoms with Crippen molar-refractivity contribution in [1.82, 2.24) is 25.5 Å². The van der Waals surface area contributed by atoms with E-state index < -0.39 is 5.82 Å². The number of halogens is 1. The molecule has 4 aromatic rings. The Balaban J connectivity index is 1.69. The van der Waals surface area contributed by atoms with Gasteiger partial charge in [0.1, 0.15) is 11.4 Å². The monoisotopic (exact) mass is 540 g/mol. The molecule has 4 heterocycles. The van der Waals surface area contributed by atoms with E-state index in [0.717, 1.165) is 38.0 Å². The highest BCUT2D eigenvalue weighted by atomic mass is 32.1. The Morgan fingerprint density at radius 2 is 1.92 bits per heavy atom. The summed E-state index contributed by atoms with van der Waals surface area (Å²) in [6.45, 7) is 22.0. The molecule has 0 aromatic carbocycles. The van der Waals surface area contributed by atoms with Crippen LogP contribution in [0.5, 0.6) is 0 Å². The lowest BCUT2D eigenvalue weighted by Gasteiger charge is -2.14. The van der Waals surface area contributed by atoms with Gasteiger partial charge in [0.05, 0.1) is 33.4 Å². The van der Waals surface area contributed by atoms with Crippen LogP contribution in [0.3, 0.4) is 0 Å². The number of fused-ring (bicyclic) bond motifs is 1. The number of thiophene rings is 1. The summed E-state index contributed by atoms with van der Waals surface area (Å²) in [6.07, 6.45) is 8.69. The molecule has 0 aliphatic heterocycles. The summed E-state index contributed by atoms with van der Waals surface area (Å²) in [4.78, 5) is 11.2. The number of nitrogens with zero attached hydrogens (tertiary/aromatic N) is 3. The number of aromatic nitrogens is 4. The van der Waals surface area contributed by atoms with Gasteiger partial charge in [-0.3, -0.25) is 15.1 Å². The second-order valence-electron chi connectivity index (χ2n) is 9.51. The minimum atomic E-state index is -0.477. The van der Waals surface area contributed by atoms with Crippen molar-refractivity contribution in [2.75, 3.05) is 5.32 Å². The van der Waals surface area contributed by atoms with Crippen LogP contribution in [0.25, 0.3) is 38.3 Å². The molecule has 39 heavy (non-hydrogen) atoms. The molecule has 0 saturated heterocycles. The maximum Gasteiger partial charge on any atom is 0.161 e. The summed E-state index contributed by atoms with van der Waals surface area (Å²) >= 11 is 1.65. The Hall–Kier alpha value is -4.30. The van der Waals surface area contributed by atoms with Gasteiger partial charge in [-0.25, -0.2) is 4.39 Å². The lowest BCUT2D eigenvalue weighted by atomic mass is 10.1. The minimum absolute atomic E-state index is 0.202. The van der Waals surface area contributed by atoms with E-state index in [1.54, 1.807) is 29.8 Å². The Morgan fingerprint density at radius 1 is 1.15 bits per heavy atom. The van der Waals surface area contributed by atoms with E-state index in [4.69, 9.17) is 0 Å². The van der Waals surface area contributed by atoms with Gasteiger partial charge in [-0.2, -0.15) is 5.10 Å². The molecule has 4 aromatic heterocycles. The molecule has 0 aliphatic rings. The molecule has 0 aliphatic carbocycles. The van der Waals surface area contributed by atoms with Crippen LogP contribution in [0.1, 0.15) is 49.5 Å². The molecule has 3 N–H and O–H groups in total. The number of anilines is 1. The summed E-state index contributed by atoms with van der Waals surface area (Å²) in [5, 5.41) is 14.2. The molecule has 8 heteroatoms. The van der Waals surface area contributed by atoms with Crippen molar-refractivity contribution in [2.24, 2.45) is 0 Å². The zero-order valence-corrected chi connectivity index (χ0v) is 23.8. The van der Waals surface area contributed by atoms with Crippen molar-refractivity contribution in [1.29, 1.82) is 0 Å². The molecular formula is C31H33FN6S. The molecule has 0 bridgehead atoms. The van der Waals surface area contributed by atoms with Gasteiger partial charge >= 0.3 is 0 Å². The fourth-order valence-electron chi connectivity index (χ4n) is 4.18. The molecule has 0 spiro atoms. The van der Waals surface area contributed by atoms with Crippen LogP contribution in [-0.2, 0) is 0 Å². The van der Waals surface area contributed by atoms with Crippen molar-refractivity contribution in [3.63, 3.8) is 0 Å². The number of pyridine rings is 2. The molecule has 0 saturated carbocycles. The minimum Gasteiger partial charge on any atom is -0.383 e. The van der Waals surface area contributed by atoms with Crippen LogP contribution in [0.15, 0.2) is 74.3 Å². The summed E-state index contributed by atoms with van der Waals surface area (Å²) in [7, 11) is 0. The SMILES string of the molecule is C=C/C(=C\C(=C/C)c1ncc2[nH]nc(C(=C)Nc3ccnc(-c4ccc(C(=C)C)s4)c3C)c2c1F)NC(C)C. The summed E-state index contributed by atoms with van der Waals surface area (Å²) in [5.41, 5.74) is 6.60. The van der Waals surface area contributed by atoms with Gasteiger partial charge in [0.2, 0.25) is 0 Å². The zero-order chi connectivity index (χ0) is 28.3. The van der Waals surface area contributed by atoms with E-state index in [1.165, 1.54) is 0 Å². The van der Waals surface area contributed by atoms with Crippen LogP contribution in [0.2, 0.25) is 0 Å². The highest BCUT2D eigenvalue weighted by molar-refractivity contribution is 7.16. The maximum absolute atomic E-state index is 16.0. The van der Waals surface area contributed by atoms with Gasteiger partial charge in [0, 0.05) is 34.1 Å². The second-order valence-corrected chi connectivity index (χ2v) is 10.6. The fourth-order valence-corrected chi connectivity index (χ4v) is 5.17. The number of rotatable bonds is 10. The van der Waals surface area contributed by atoms with Gasteiger partial charge in [-0.1, -0.05) is 25.8 Å². The number of hydrogen-bond acceptors (Lipinski definition) is 6. The van der Waals surface area contributed by atoms with Crippen molar-refractivity contribution in [2.45, 2.75) is 40.7 Å². The Morgan fingerprint density at radius 3 is 2.56 bits per heavy atom. The standard InChI is InChI=1S/C31H33FN6S/c1-9-21(15-22(10-2)35-18(5)6)31-28(32)27-24(16-34-31)37-38-30(27)20(8)36-23-13-14-33-29(19(23)7)26-12-11-25(39-26)17(3)4/h9-16,18,35H,2-3,8H2,1,4-7H3,(H,33,36)(H,37,38)/b21-9+,22-15+. The lowest BCUT2D eigenvalue weighted by Crippen LogP contribution is -2.20. The predicted octanol–water partition coefficient (Wildman–Crippen LogP) is 8.12. The van der Waals surface area contributed by atoms with Crippen molar-refractivity contribution >= 4 is 44.8 Å². The number of hydrogen-bond donors (Lipinski definition) is 3. The number of allylic oxidation sites excluding steroid dienone is 5. The van der Waals surface area contributed by atoms with Crippen molar-refractivity contribution in [3.05, 3.63) is 102 Å². The van der Waals surface area contributed by atoms with Gasteiger partial charge in [0.15, 0.2) is 5.82 Å². The van der Waals surface area contributed by atoms with Crippen molar-refractivity contribution in [3.8, 4) is 10.6 Å². The summed E-state index contributed by atoms with van der Waals surface area (Å²) in [6, 6.07) is 6.18. The average Bonchev–Trinajstić information content (AvgIpc) is 3.56. The molecule has 0 unspecified atom stereocenters. The summed E-state index contributed by atoms with van der Waals surface area (Å²) < 4.78 is 16.0. The van der Waals surface area contributed by atoms with E-state index in [2.05, 4.69) is 62.7 Å². The normalized spacial score (nSPS) is 12.2. The first-order valence-corrected chi connectivity index (χ1v) is 13.4. The second kappa shape index (κ2) is 11.6. The van der Waals surface area contributed by atoms with Crippen LogP contribution in [-0.4, -0.2) is 26.2 Å². The molecule has 0 atom stereocenters. The lowest BCUT2D eigenvalue weighted by molar-refractivity contribution is 0.629. The zero-order valence-electron chi connectivity index (χ0n) is 22.9. The van der Waals surface area contributed by atoms with E-state index in [9.17, 15) is 0 Å². The molecule has 0 fully saturated rings. The Labute approximate surface area is 232 Å². The molecule has 4 rings (SSSR count). The molecule has 0 amide bonds. The van der Waals surface area contributed by atoms with E-state index in [-0.39, 0.29) is 11.7 Å². The molecular weight excluding hydrogens is 507 g/mol. The van der Waals surface area contributed by atoms with Crippen LogP contribution < -0.4 is 10.6 Å². The van der Waals surface area contributed by atoms with E-state index in [1.807, 2.05) is 52.8 Å². The third-order valence-corrected chi connectivity index (χ3v) is 7.40. The van der Waals surface area contributed by atoms with Gasteiger partial charge in [-0.05, 0) is 76.1 Å². The topological polar surface area (TPSA) is 78.5 Å². The third kappa shape index (κ3) is 5.76. The predicted molar refractivity (Wildman–Crippen MR) is 164 cm³/mol. The molecule has 200 valence electrons. The first-order valence-electron chi connectivity index (χ1n) is 12.6.